The van der Waals surface area contributed by atoms with Crippen LogP contribution in [0.15, 0.2) is 0 Å². The fourth-order valence-electron chi connectivity index (χ4n) is 1.38. The van der Waals surface area contributed by atoms with Gasteiger partial charge in [0.25, 0.3) is 0 Å². The molecule has 66 valence electrons. The summed E-state index contributed by atoms with van der Waals surface area (Å²) < 4.78 is 0. The predicted octanol–water partition coefficient (Wildman–Crippen LogP) is 0.820. The van der Waals surface area contributed by atoms with Crippen molar-refractivity contribution in [2.24, 2.45) is 5.73 Å². The highest BCUT2D eigenvalue weighted by Crippen LogP contribution is 2.11. The van der Waals surface area contributed by atoms with E-state index in [0.717, 1.165) is 18.3 Å². The molecule has 0 aromatic carbocycles. The van der Waals surface area contributed by atoms with Crippen LogP contribution in [0.1, 0.15) is 19.3 Å². The number of piperidine rings is 1. The Balaban J connectivity index is 1.96. The van der Waals surface area contributed by atoms with Crippen LogP contribution in [0.4, 0.5) is 0 Å². The van der Waals surface area contributed by atoms with Crippen LogP contribution in [0.5, 0.6) is 0 Å². The lowest BCUT2D eigenvalue weighted by Gasteiger charge is -2.22. The number of nitrogens with two attached hydrogens (primary N) is 1. The van der Waals surface area contributed by atoms with Crippen LogP contribution in [0, 0.1) is 0 Å². The zero-order chi connectivity index (χ0) is 7.94. The fraction of sp³-hybridized carbons (Fsp3) is 1.00. The maximum atomic E-state index is 5.40. The van der Waals surface area contributed by atoms with Gasteiger partial charge in [-0.05, 0) is 19.4 Å². The summed E-state index contributed by atoms with van der Waals surface area (Å²) >= 11 is 1.97. The van der Waals surface area contributed by atoms with Gasteiger partial charge >= 0.3 is 0 Å². The summed E-state index contributed by atoms with van der Waals surface area (Å²) in [5, 5.41) is 3.52. The maximum Gasteiger partial charge on any atom is 0.0158 e. The Morgan fingerprint density at radius 3 is 3.00 bits per heavy atom. The molecule has 0 aliphatic carbocycles. The lowest BCUT2D eigenvalue weighted by atomic mass is 10.1. The quantitative estimate of drug-likeness (QED) is 0.620. The third-order valence-electron chi connectivity index (χ3n) is 1.99. The third kappa shape index (κ3) is 3.99. The highest BCUT2D eigenvalue weighted by Gasteiger charge is 2.11. The Hall–Kier alpha value is 0.270. The van der Waals surface area contributed by atoms with Crippen molar-refractivity contribution in [1.82, 2.24) is 5.32 Å². The van der Waals surface area contributed by atoms with Crippen LogP contribution in [0.3, 0.4) is 0 Å². The molecule has 1 fully saturated rings. The zero-order valence-corrected chi connectivity index (χ0v) is 7.83. The molecule has 1 heterocycles. The van der Waals surface area contributed by atoms with Gasteiger partial charge < -0.3 is 11.1 Å². The van der Waals surface area contributed by atoms with Crippen molar-refractivity contribution in [3.05, 3.63) is 0 Å². The standard InChI is InChI=1S/C8H18N2S/c9-4-6-11-7-8-3-1-2-5-10-8/h8,10H,1-7,9H2. The highest BCUT2D eigenvalue weighted by molar-refractivity contribution is 7.99. The second-order valence-electron chi connectivity index (χ2n) is 3.01. The minimum absolute atomic E-state index is 0.764. The van der Waals surface area contributed by atoms with Gasteiger partial charge in [0.1, 0.15) is 0 Å². The van der Waals surface area contributed by atoms with E-state index >= 15 is 0 Å². The van der Waals surface area contributed by atoms with E-state index in [0.29, 0.717) is 0 Å². The highest BCUT2D eigenvalue weighted by atomic mass is 32.2. The van der Waals surface area contributed by atoms with Crippen molar-refractivity contribution in [3.8, 4) is 0 Å². The molecule has 1 aliphatic heterocycles. The van der Waals surface area contributed by atoms with Crippen molar-refractivity contribution in [3.63, 3.8) is 0 Å². The molecule has 1 unspecified atom stereocenters. The molecule has 1 aliphatic rings. The van der Waals surface area contributed by atoms with Gasteiger partial charge in [-0.25, -0.2) is 0 Å². The molecule has 0 bridgehead atoms. The largest absolute Gasteiger partial charge is 0.330 e. The van der Waals surface area contributed by atoms with E-state index < -0.39 is 0 Å². The fourth-order valence-corrected chi connectivity index (χ4v) is 2.28. The second kappa shape index (κ2) is 5.86. The maximum absolute atomic E-state index is 5.40. The van der Waals surface area contributed by atoms with E-state index in [-0.39, 0.29) is 0 Å². The number of thioether (sulfide) groups is 1. The smallest absolute Gasteiger partial charge is 0.0158 e. The molecule has 0 saturated carbocycles. The summed E-state index contributed by atoms with van der Waals surface area (Å²) in [7, 11) is 0. The number of hydrogen-bond acceptors (Lipinski definition) is 3. The summed E-state index contributed by atoms with van der Waals surface area (Å²) in [4.78, 5) is 0. The normalized spacial score (nSPS) is 25.4. The van der Waals surface area contributed by atoms with Gasteiger partial charge in [-0.15, -0.1) is 0 Å². The molecule has 2 nitrogen and oxygen atoms in total. The van der Waals surface area contributed by atoms with E-state index in [4.69, 9.17) is 5.73 Å². The van der Waals surface area contributed by atoms with Gasteiger partial charge in [0.2, 0.25) is 0 Å². The Labute approximate surface area is 73.3 Å². The van der Waals surface area contributed by atoms with Crippen molar-refractivity contribution in [2.45, 2.75) is 25.3 Å². The van der Waals surface area contributed by atoms with Gasteiger partial charge in [-0.1, -0.05) is 6.42 Å². The lowest BCUT2D eigenvalue weighted by Crippen LogP contribution is -2.35. The molecule has 0 aromatic rings. The Kier molecular flexibility index (Phi) is 4.99. The average molecular weight is 174 g/mol. The van der Waals surface area contributed by atoms with Gasteiger partial charge in [0, 0.05) is 24.1 Å². The molecule has 1 saturated heterocycles. The molecular weight excluding hydrogens is 156 g/mol. The van der Waals surface area contributed by atoms with Crippen LogP contribution < -0.4 is 11.1 Å². The summed E-state index contributed by atoms with van der Waals surface area (Å²) in [6.07, 6.45) is 4.12. The van der Waals surface area contributed by atoms with E-state index in [2.05, 4.69) is 5.32 Å². The Morgan fingerprint density at radius 1 is 1.45 bits per heavy atom. The molecule has 1 rings (SSSR count). The van der Waals surface area contributed by atoms with Crippen molar-refractivity contribution < 1.29 is 0 Å². The topological polar surface area (TPSA) is 38.0 Å². The molecule has 1 atom stereocenters. The first kappa shape index (κ1) is 9.36. The molecule has 0 spiro atoms. The summed E-state index contributed by atoms with van der Waals surface area (Å²) in [6, 6.07) is 0.764. The van der Waals surface area contributed by atoms with E-state index in [1.165, 1.54) is 31.6 Å². The van der Waals surface area contributed by atoms with Gasteiger partial charge in [-0.3, -0.25) is 0 Å². The van der Waals surface area contributed by atoms with E-state index in [1.807, 2.05) is 11.8 Å². The first-order valence-corrected chi connectivity index (χ1v) is 5.60. The summed E-state index contributed by atoms with van der Waals surface area (Å²) in [6.45, 7) is 2.03. The molecule has 3 N–H and O–H groups in total. The van der Waals surface area contributed by atoms with Crippen LogP contribution >= 0.6 is 11.8 Å². The molecule has 0 radical (unpaired) electrons. The Bertz CT molecular complexity index is 92.1. The monoisotopic (exact) mass is 174 g/mol. The van der Waals surface area contributed by atoms with E-state index in [9.17, 15) is 0 Å². The van der Waals surface area contributed by atoms with Crippen LogP contribution in [-0.4, -0.2) is 30.6 Å². The first-order chi connectivity index (χ1) is 5.43. The van der Waals surface area contributed by atoms with Crippen molar-refractivity contribution in [2.75, 3.05) is 24.6 Å². The summed E-state index contributed by atoms with van der Waals surface area (Å²) in [5.74, 6) is 2.36. The molecular formula is C8H18N2S. The number of nitrogens with one attached hydrogen (secondary N) is 1. The lowest BCUT2D eigenvalue weighted by molar-refractivity contribution is 0.430. The second-order valence-corrected chi connectivity index (χ2v) is 4.16. The number of hydrogen-bond donors (Lipinski definition) is 2. The van der Waals surface area contributed by atoms with Crippen molar-refractivity contribution in [1.29, 1.82) is 0 Å². The molecule has 0 amide bonds. The number of rotatable bonds is 4. The molecule has 0 aromatic heterocycles. The zero-order valence-electron chi connectivity index (χ0n) is 7.01. The summed E-state index contributed by atoms with van der Waals surface area (Å²) in [5.41, 5.74) is 5.40. The minimum Gasteiger partial charge on any atom is -0.330 e. The SMILES string of the molecule is NCCSCC1CCCCN1. The molecule has 11 heavy (non-hydrogen) atoms. The van der Waals surface area contributed by atoms with Crippen LogP contribution in [0.2, 0.25) is 0 Å². The predicted molar refractivity (Wildman–Crippen MR) is 52.0 cm³/mol. The van der Waals surface area contributed by atoms with Gasteiger partial charge in [0.15, 0.2) is 0 Å². The molecule has 3 heteroatoms. The van der Waals surface area contributed by atoms with E-state index in [1.54, 1.807) is 0 Å². The van der Waals surface area contributed by atoms with Crippen LogP contribution in [0.25, 0.3) is 0 Å². The van der Waals surface area contributed by atoms with Gasteiger partial charge in [0.05, 0.1) is 0 Å². The Morgan fingerprint density at radius 2 is 2.36 bits per heavy atom. The van der Waals surface area contributed by atoms with Crippen LogP contribution in [-0.2, 0) is 0 Å². The minimum atomic E-state index is 0.764. The van der Waals surface area contributed by atoms with Gasteiger partial charge in [-0.2, -0.15) is 11.8 Å². The average Bonchev–Trinajstić information content (AvgIpc) is 2.07. The third-order valence-corrected chi connectivity index (χ3v) is 3.16. The first-order valence-electron chi connectivity index (χ1n) is 4.44. The van der Waals surface area contributed by atoms with Crippen molar-refractivity contribution >= 4 is 11.8 Å².